The van der Waals surface area contributed by atoms with E-state index in [0.29, 0.717) is 44.2 Å². The lowest BCUT2D eigenvalue weighted by Crippen LogP contribution is -2.54. The average molecular weight is 277 g/mol. The number of hydrogen-bond donors (Lipinski definition) is 1. The Morgan fingerprint density at radius 1 is 1.15 bits per heavy atom. The maximum Gasteiger partial charge on any atom is 0.312 e. The van der Waals surface area contributed by atoms with Crippen molar-refractivity contribution in [2.75, 3.05) is 38.5 Å². The number of amides is 2. The zero-order valence-corrected chi connectivity index (χ0v) is 11.5. The van der Waals surface area contributed by atoms with Crippen LogP contribution in [0.4, 0.5) is 5.69 Å². The van der Waals surface area contributed by atoms with Gasteiger partial charge in [0.25, 0.3) is 0 Å². The van der Waals surface area contributed by atoms with Crippen molar-refractivity contribution in [3.05, 3.63) is 24.3 Å². The van der Waals surface area contributed by atoms with E-state index in [9.17, 15) is 9.59 Å². The summed E-state index contributed by atoms with van der Waals surface area (Å²) >= 11 is 0. The Labute approximate surface area is 118 Å². The maximum absolute atomic E-state index is 11.9. The Bertz CT molecular complexity index is 504. The number of piperazine rings is 1. The van der Waals surface area contributed by atoms with Gasteiger partial charge >= 0.3 is 11.8 Å². The van der Waals surface area contributed by atoms with Crippen molar-refractivity contribution in [1.82, 2.24) is 9.80 Å². The van der Waals surface area contributed by atoms with E-state index in [1.165, 1.54) is 4.90 Å². The molecule has 2 amide bonds. The van der Waals surface area contributed by atoms with E-state index in [0.717, 1.165) is 0 Å². The highest BCUT2D eigenvalue weighted by atomic mass is 16.5. The summed E-state index contributed by atoms with van der Waals surface area (Å²) in [5.74, 6) is -0.292. The van der Waals surface area contributed by atoms with Crippen LogP contribution < -0.4 is 10.5 Å². The minimum absolute atomic E-state index is 0.319. The smallest absolute Gasteiger partial charge is 0.312 e. The highest BCUT2D eigenvalue weighted by Crippen LogP contribution is 2.19. The summed E-state index contributed by atoms with van der Waals surface area (Å²) in [5.41, 5.74) is 6.32. The van der Waals surface area contributed by atoms with Gasteiger partial charge in [-0.1, -0.05) is 12.1 Å². The fraction of sp³-hybridized carbons (Fsp3) is 0.429. The molecule has 1 fully saturated rings. The molecule has 6 heteroatoms. The van der Waals surface area contributed by atoms with Gasteiger partial charge in [-0.15, -0.1) is 0 Å². The topological polar surface area (TPSA) is 75.9 Å². The van der Waals surface area contributed by atoms with E-state index in [-0.39, 0.29) is 0 Å². The molecule has 1 aliphatic rings. The number of carbonyl (C=O) groups is 2. The summed E-state index contributed by atoms with van der Waals surface area (Å²) in [5, 5.41) is 0. The van der Waals surface area contributed by atoms with Crippen LogP contribution in [0.15, 0.2) is 24.3 Å². The van der Waals surface area contributed by atoms with Crippen molar-refractivity contribution in [2.24, 2.45) is 0 Å². The van der Waals surface area contributed by atoms with Gasteiger partial charge in [-0.2, -0.15) is 0 Å². The standard InChI is InChI=1S/C14H19N3O3/c1-2-16-7-8-17(14(19)13(16)18)9-10-20-12-6-4-3-5-11(12)15/h3-6H,2,7-10,15H2,1H3. The molecule has 0 atom stereocenters. The SMILES string of the molecule is CCN1CCN(CCOc2ccccc2N)C(=O)C1=O. The summed E-state index contributed by atoms with van der Waals surface area (Å²) in [4.78, 5) is 26.7. The lowest BCUT2D eigenvalue weighted by Gasteiger charge is -2.32. The number of ether oxygens (including phenoxy) is 1. The number of nitrogens with two attached hydrogens (primary N) is 1. The largest absolute Gasteiger partial charge is 0.490 e. The van der Waals surface area contributed by atoms with Crippen molar-refractivity contribution in [3.8, 4) is 5.75 Å². The van der Waals surface area contributed by atoms with Gasteiger partial charge in [-0.25, -0.2) is 0 Å². The van der Waals surface area contributed by atoms with Crippen LogP contribution in [0.5, 0.6) is 5.75 Å². The summed E-state index contributed by atoms with van der Waals surface area (Å²) in [7, 11) is 0. The second-order valence-corrected chi connectivity index (χ2v) is 4.56. The van der Waals surface area contributed by atoms with E-state index in [1.54, 1.807) is 17.0 Å². The molecule has 0 aliphatic carbocycles. The zero-order valence-electron chi connectivity index (χ0n) is 11.5. The Morgan fingerprint density at radius 2 is 1.80 bits per heavy atom. The second-order valence-electron chi connectivity index (χ2n) is 4.56. The molecule has 0 bridgehead atoms. The molecule has 0 spiro atoms. The normalized spacial score (nSPS) is 15.7. The van der Waals surface area contributed by atoms with Gasteiger partial charge < -0.3 is 20.3 Å². The van der Waals surface area contributed by atoms with Crippen LogP contribution in [0.2, 0.25) is 0 Å². The molecule has 1 saturated heterocycles. The second kappa shape index (κ2) is 6.27. The molecule has 1 aromatic carbocycles. The molecule has 0 aromatic heterocycles. The van der Waals surface area contributed by atoms with Crippen LogP contribution in [0, 0.1) is 0 Å². The van der Waals surface area contributed by atoms with Gasteiger partial charge in [0.15, 0.2) is 0 Å². The van der Waals surface area contributed by atoms with Crippen LogP contribution in [-0.4, -0.2) is 54.4 Å². The van der Waals surface area contributed by atoms with E-state index in [1.807, 2.05) is 19.1 Å². The highest BCUT2D eigenvalue weighted by Gasteiger charge is 2.31. The minimum atomic E-state index is -0.456. The molecule has 2 N–H and O–H groups in total. The summed E-state index contributed by atoms with van der Waals surface area (Å²) in [6, 6.07) is 7.19. The molecule has 6 nitrogen and oxygen atoms in total. The number of nitrogens with zero attached hydrogens (tertiary/aromatic N) is 2. The average Bonchev–Trinajstić information content (AvgIpc) is 2.46. The molecule has 0 saturated carbocycles. The van der Waals surface area contributed by atoms with Gasteiger partial charge in [-0.05, 0) is 19.1 Å². The Kier molecular flexibility index (Phi) is 4.45. The molecule has 2 rings (SSSR count). The lowest BCUT2D eigenvalue weighted by molar-refractivity contribution is -0.156. The Hall–Kier alpha value is -2.24. The summed E-state index contributed by atoms with van der Waals surface area (Å²) < 4.78 is 5.53. The number of hydrogen-bond acceptors (Lipinski definition) is 4. The monoisotopic (exact) mass is 277 g/mol. The lowest BCUT2D eigenvalue weighted by atomic mass is 10.3. The quantitative estimate of drug-likeness (QED) is 0.622. The third-order valence-electron chi connectivity index (χ3n) is 3.32. The van der Waals surface area contributed by atoms with Gasteiger partial charge in [0.1, 0.15) is 12.4 Å². The van der Waals surface area contributed by atoms with Gasteiger partial charge in [0, 0.05) is 19.6 Å². The molecule has 0 radical (unpaired) electrons. The van der Waals surface area contributed by atoms with Crippen LogP contribution in [-0.2, 0) is 9.59 Å². The minimum Gasteiger partial charge on any atom is -0.490 e. The van der Waals surface area contributed by atoms with Crippen molar-refractivity contribution in [3.63, 3.8) is 0 Å². The Balaban J connectivity index is 1.85. The van der Waals surface area contributed by atoms with Crippen molar-refractivity contribution >= 4 is 17.5 Å². The van der Waals surface area contributed by atoms with Crippen molar-refractivity contribution in [2.45, 2.75) is 6.92 Å². The van der Waals surface area contributed by atoms with E-state index >= 15 is 0 Å². The molecular formula is C14H19N3O3. The zero-order chi connectivity index (χ0) is 14.5. The first-order valence-corrected chi connectivity index (χ1v) is 6.69. The number of benzene rings is 1. The van der Waals surface area contributed by atoms with Gasteiger partial charge in [0.05, 0.1) is 12.2 Å². The number of rotatable bonds is 5. The number of para-hydroxylation sites is 2. The molecule has 1 heterocycles. The molecule has 20 heavy (non-hydrogen) atoms. The number of carbonyl (C=O) groups excluding carboxylic acids is 2. The predicted octanol–water partition coefficient (Wildman–Crippen LogP) is 0.338. The molecule has 108 valence electrons. The summed E-state index contributed by atoms with van der Waals surface area (Å²) in [6.07, 6.45) is 0. The van der Waals surface area contributed by atoms with Crippen LogP contribution >= 0.6 is 0 Å². The fourth-order valence-electron chi connectivity index (χ4n) is 2.11. The van der Waals surface area contributed by atoms with Crippen LogP contribution in [0.1, 0.15) is 6.92 Å². The van der Waals surface area contributed by atoms with E-state index in [2.05, 4.69) is 0 Å². The number of anilines is 1. The van der Waals surface area contributed by atoms with E-state index < -0.39 is 11.8 Å². The van der Waals surface area contributed by atoms with Crippen molar-refractivity contribution < 1.29 is 14.3 Å². The van der Waals surface area contributed by atoms with Crippen LogP contribution in [0.3, 0.4) is 0 Å². The number of likely N-dealkylation sites (N-methyl/N-ethyl adjacent to an activating group) is 1. The molecular weight excluding hydrogens is 258 g/mol. The van der Waals surface area contributed by atoms with Gasteiger partial charge in [0.2, 0.25) is 0 Å². The van der Waals surface area contributed by atoms with Crippen LogP contribution in [0.25, 0.3) is 0 Å². The first kappa shape index (κ1) is 14.2. The summed E-state index contributed by atoms with van der Waals surface area (Å²) in [6.45, 7) is 4.26. The molecule has 1 aromatic rings. The van der Waals surface area contributed by atoms with E-state index in [4.69, 9.17) is 10.5 Å². The first-order chi connectivity index (χ1) is 9.63. The predicted molar refractivity (Wildman–Crippen MR) is 75.2 cm³/mol. The maximum atomic E-state index is 11.9. The Morgan fingerprint density at radius 3 is 2.50 bits per heavy atom. The molecule has 0 unspecified atom stereocenters. The fourth-order valence-corrected chi connectivity index (χ4v) is 2.11. The molecule has 1 aliphatic heterocycles. The highest BCUT2D eigenvalue weighted by molar-refractivity contribution is 6.35. The third-order valence-corrected chi connectivity index (χ3v) is 3.32. The first-order valence-electron chi connectivity index (χ1n) is 6.69. The van der Waals surface area contributed by atoms with Gasteiger partial charge in [-0.3, -0.25) is 9.59 Å². The number of nitrogen functional groups attached to an aromatic ring is 1. The third kappa shape index (κ3) is 3.01. The van der Waals surface area contributed by atoms with Crippen molar-refractivity contribution in [1.29, 1.82) is 0 Å².